The number of halogens is 3. The third-order valence-electron chi connectivity index (χ3n) is 1.93. The van der Waals surface area contributed by atoms with Crippen molar-refractivity contribution in [1.29, 1.82) is 0 Å². The molecule has 0 saturated carbocycles. The van der Waals surface area contributed by atoms with Gasteiger partial charge in [-0.1, -0.05) is 0 Å². The van der Waals surface area contributed by atoms with Crippen molar-refractivity contribution in [3.8, 4) is 5.75 Å². The van der Waals surface area contributed by atoms with E-state index < -0.39 is 29.1 Å². The lowest BCUT2D eigenvalue weighted by atomic mass is 10.1. The van der Waals surface area contributed by atoms with Crippen LogP contribution < -0.4 is 4.74 Å². The molecular weight excluding hydrogens is 241 g/mol. The molecule has 0 aliphatic heterocycles. The van der Waals surface area contributed by atoms with Crippen molar-refractivity contribution in [3.05, 3.63) is 29.3 Å². The van der Waals surface area contributed by atoms with E-state index in [2.05, 4.69) is 4.74 Å². The van der Waals surface area contributed by atoms with Crippen molar-refractivity contribution in [2.24, 2.45) is 0 Å². The molecule has 0 aromatic heterocycles. The van der Waals surface area contributed by atoms with E-state index in [0.717, 1.165) is 13.2 Å². The number of carbonyl (C=O) groups is 2. The number of hydrogen-bond acceptors (Lipinski definition) is 3. The largest absolute Gasteiger partial charge is 0.497 e. The zero-order valence-corrected chi connectivity index (χ0v) is 8.54. The molecule has 0 saturated heterocycles. The molecule has 0 radical (unpaired) electrons. The summed E-state index contributed by atoms with van der Waals surface area (Å²) in [6, 6.07) is 2.09. The summed E-state index contributed by atoms with van der Waals surface area (Å²) in [5, 5.41) is 8.42. The lowest BCUT2D eigenvalue weighted by molar-refractivity contribution is -0.138. The van der Waals surface area contributed by atoms with Crippen molar-refractivity contribution >= 4 is 11.8 Å². The van der Waals surface area contributed by atoms with E-state index in [1.165, 1.54) is 0 Å². The highest BCUT2D eigenvalue weighted by molar-refractivity contribution is 6.39. The molecule has 0 unspecified atom stereocenters. The van der Waals surface area contributed by atoms with E-state index >= 15 is 0 Å². The van der Waals surface area contributed by atoms with Gasteiger partial charge >= 0.3 is 12.1 Å². The molecule has 4 nitrogen and oxygen atoms in total. The summed E-state index contributed by atoms with van der Waals surface area (Å²) in [6.45, 7) is 0. The smallest absolute Gasteiger partial charge is 0.416 e. The summed E-state index contributed by atoms with van der Waals surface area (Å²) in [6.07, 6.45) is -4.68. The van der Waals surface area contributed by atoms with E-state index in [0.29, 0.717) is 12.1 Å². The van der Waals surface area contributed by atoms with E-state index in [9.17, 15) is 22.8 Å². The second kappa shape index (κ2) is 4.44. The van der Waals surface area contributed by atoms with E-state index in [1.807, 2.05) is 0 Å². The number of carbonyl (C=O) groups excluding carboxylic acids is 1. The Balaban J connectivity index is 3.33. The van der Waals surface area contributed by atoms with Crippen LogP contribution in [0.1, 0.15) is 15.9 Å². The standard InChI is InChI=1S/C10H7F3O4/c1-17-7-3-5(8(14)9(15)16)2-6(4-7)10(11,12)13/h2-4H,1H3,(H,15,16). The Morgan fingerprint density at radius 2 is 1.82 bits per heavy atom. The molecule has 7 heteroatoms. The number of benzene rings is 1. The molecule has 0 spiro atoms. The van der Waals surface area contributed by atoms with Gasteiger partial charge in [0.2, 0.25) is 0 Å². The first-order chi connectivity index (χ1) is 7.75. The fraction of sp³-hybridized carbons (Fsp3) is 0.200. The van der Waals surface area contributed by atoms with E-state index in [1.54, 1.807) is 0 Å². The van der Waals surface area contributed by atoms with Gasteiger partial charge in [0.05, 0.1) is 12.7 Å². The zero-order valence-electron chi connectivity index (χ0n) is 8.54. The van der Waals surface area contributed by atoms with Crippen molar-refractivity contribution in [2.75, 3.05) is 7.11 Å². The monoisotopic (exact) mass is 248 g/mol. The molecule has 1 N–H and O–H groups in total. The van der Waals surface area contributed by atoms with Crippen molar-refractivity contribution in [1.82, 2.24) is 0 Å². The fourth-order valence-corrected chi connectivity index (χ4v) is 1.14. The predicted molar refractivity (Wildman–Crippen MR) is 50.0 cm³/mol. The number of alkyl halides is 3. The Hall–Kier alpha value is -2.05. The minimum Gasteiger partial charge on any atom is -0.497 e. The van der Waals surface area contributed by atoms with E-state index in [4.69, 9.17) is 5.11 Å². The van der Waals surface area contributed by atoms with Gasteiger partial charge in [0.15, 0.2) is 0 Å². The molecule has 17 heavy (non-hydrogen) atoms. The number of ketones is 1. The van der Waals surface area contributed by atoms with Crippen LogP contribution in [0, 0.1) is 0 Å². The number of ether oxygens (including phenoxy) is 1. The Morgan fingerprint density at radius 1 is 1.24 bits per heavy atom. The highest BCUT2D eigenvalue weighted by Gasteiger charge is 2.32. The van der Waals surface area contributed by atoms with Crippen LogP contribution >= 0.6 is 0 Å². The molecule has 0 fully saturated rings. The van der Waals surface area contributed by atoms with Gasteiger partial charge in [0, 0.05) is 5.56 Å². The van der Waals surface area contributed by atoms with Crippen LogP contribution in [0.2, 0.25) is 0 Å². The first kappa shape index (κ1) is 13.0. The van der Waals surface area contributed by atoms with Gasteiger partial charge in [0.25, 0.3) is 5.78 Å². The minimum absolute atomic E-state index is 0.232. The predicted octanol–water partition coefficient (Wildman–Crippen LogP) is 1.98. The van der Waals surface area contributed by atoms with Crippen LogP contribution in [0.5, 0.6) is 5.75 Å². The number of methoxy groups -OCH3 is 1. The number of carboxylic acids is 1. The summed E-state index contributed by atoms with van der Waals surface area (Å²) in [7, 11) is 1.12. The maximum atomic E-state index is 12.4. The first-order valence-corrected chi connectivity index (χ1v) is 4.29. The molecule has 0 aliphatic carbocycles. The van der Waals surface area contributed by atoms with Crippen LogP contribution in [-0.2, 0) is 11.0 Å². The van der Waals surface area contributed by atoms with Gasteiger partial charge in [0.1, 0.15) is 5.75 Å². The summed E-state index contributed by atoms with van der Waals surface area (Å²) in [5.41, 5.74) is -1.72. The van der Waals surface area contributed by atoms with Gasteiger partial charge in [-0.3, -0.25) is 4.79 Å². The van der Waals surface area contributed by atoms with Crippen LogP contribution in [0.15, 0.2) is 18.2 Å². The number of rotatable bonds is 3. The van der Waals surface area contributed by atoms with Crippen LogP contribution in [0.3, 0.4) is 0 Å². The normalized spacial score (nSPS) is 11.1. The van der Waals surface area contributed by atoms with Crippen LogP contribution in [0.4, 0.5) is 13.2 Å². The van der Waals surface area contributed by atoms with Gasteiger partial charge in [-0.25, -0.2) is 4.79 Å². The highest BCUT2D eigenvalue weighted by Crippen LogP contribution is 2.32. The summed E-state index contributed by atoms with van der Waals surface area (Å²) in [5.74, 6) is -3.48. The maximum absolute atomic E-state index is 12.4. The molecule has 0 heterocycles. The molecule has 1 aromatic rings. The van der Waals surface area contributed by atoms with E-state index in [-0.39, 0.29) is 5.75 Å². The fourth-order valence-electron chi connectivity index (χ4n) is 1.14. The molecule has 0 amide bonds. The van der Waals surface area contributed by atoms with Crippen molar-refractivity contribution < 1.29 is 32.6 Å². The van der Waals surface area contributed by atoms with Gasteiger partial charge in [-0.05, 0) is 18.2 Å². The lowest BCUT2D eigenvalue weighted by Crippen LogP contribution is -2.15. The Kier molecular flexibility index (Phi) is 3.40. The Bertz CT molecular complexity index is 465. The van der Waals surface area contributed by atoms with Crippen molar-refractivity contribution in [2.45, 2.75) is 6.18 Å². The second-order valence-electron chi connectivity index (χ2n) is 3.08. The topological polar surface area (TPSA) is 63.6 Å². The number of aliphatic carboxylic acids is 1. The lowest BCUT2D eigenvalue weighted by Gasteiger charge is -2.10. The average Bonchev–Trinajstić information content (AvgIpc) is 2.26. The summed E-state index contributed by atoms with van der Waals surface area (Å²) in [4.78, 5) is 21.5. The van der Waals surface area contributed by atoms with Gasteiger partial charge in [-0.15, -0.1) is 0 Å². The molecule has 0 bridgehead atoms. The molecular formula is C10H7F3O4. The Morgan fingerprint density at radius 3 is 2.24 bits per heavy atom. The summed E-state index contributed by atoms with van der Waals surface area (Å²) >= 11 is 0. The minimum atomic E-state index is -4.68. The zero-order chi connectivity index (χ0) is 13.2. The van der Waals surface area contributed by atoms with Crippen LogP contribution in [0.25, 0.3) is 0 Å². The van der Waals surface area contributed by atoms with Gasteiger partial charge < -0.3 is 9.84 Å². The first-order valence-electron chi connectivity index (χ1n) is 4.29. The molecule has 0 atom stereocenters. The number of carboxylic acid groups (broad SMARTS) is 1. The molecule has 1 rings (SSSR count). The summed E-state index contributed by atoms with van der Waals surface area (Å²) < 4.78 is 41.9. The molecule has 0 aliphatic rings. The van der Waals surface area contributed by atoms with Crippen molar-refractivity contribution in [3.63, 3.8) is 0 Å². The second-order valence-corrected chi connectivity index (χ2v) is 3.08. The number of Topliss-reactive ketones (excluding diaryl/α,β-unsaturated/α-hetero) is 1. The molecule has 1 aromatic carbocycles. The Labute approximate surface area is 93.6 Å². The third-order valence-corrected chi connectivity index (χ3v) is 1.93. The quantitative estimate of drug-likeness (QED) is 0.656. The van der Waals surface area contributed by atoms with Crippen LogP contribution in [-0.4, -0.2) is 24.0 Å². The molecule has 92 valence electrons. The highest BCUT2D eigenvalue weighted by atomic mass is 19.4. The van der Waals surface area contributed by atoms with Gasteiger partial charge in [-0.2, -0.15) is 13.2 Å². The number of hydrogen-bond donors (Lipinski definition) is 1. The average molecular weight is 248 g/mol. The third kappa shape index (κ3) is 2.96. The maximum Gasteiger partial charge on any atom is 0.416 e. The SMILES string of the molecule is COc1cc(C(=O)C(=O)O)cc(C(F)(F)F)c1.